The van der Waals surface area contributed by atoms with Gasteiger partial charge in [-0.05, 0) is 70.2 Å². The molecule has 1 unspecified atom stereocenters. The standard InChI is InChI=1S/C17H28FNO/c1-13(10-11-19-17(2,3)4)6-7-14-8-9-16(20-5)15(18)12-14/h8-9,12-13,19H,6-7,10-11H2,1-5H3. The third-order valence-electron chi connectivity index (χ3n) is 3.43. The van der Waals surface area contributed by atoms with Crippen LogP contribution in [0, 0.1) is 11.7 Å². The minimum atomic E-state index is -0.271. The molecule has 1 rings (SSSR count). The lowest BCUT2D eigenvalue weighted by atomic mass is 9.97. The molecule has 1 N–H and O–H groups in total. The smallest absolute Gasteiger partial charge is 0.165 e. The number of halogens is 1. The van der Waals surface area contributed by atoms with Crippen LogP contribution in [0.1, 0.15) is 46.1 Å². The van der Waals surface area contributed by atoms with Gasteiger partial charge in [0, 0.05) is 5.54 Å². The highest BCUT2D eigenvalue weighted by molar-refractivity contribution is 5.29. The lowest BCUT2D eigenvalue weighted by Gasteiger charge is -2.22. The first-order valence-electron chi connectivity index (χ1n) is 7.39. The molecule has 20 heavy (non-hydrogen) atoms. The highest BCUT2D eigenvalue weighted by Gasteiger charge is 2.10. The summed E-state index contributed by atoms with van der Waals surface area (Å²) in [5.74, 6) is 0.679. The van der Waals surface area contributed by atoms with E-state index in [-0.39, 0.29) is 11.4 Å². The molecule has 0 fully saturated rings. The van der Waals surface area contributed by atoms with Crippen molar-refractivity contribution in [3.05, 3.63) is 29.6 Å². The molecule has 114 valence electrons. The molecule has 0 spiro atoms. The van der Waals surface area contributed by atoms with Crippen LogP contribution in [-0.4, -0.2) is 19.2 Å². The summed E-state index contributed by atoms with van der Waals surface area (Å²) >= 11 is 0. The van der Waals surface area contributed by atoms with Gasteiger partial charge in [-0.15, -0.1) is 0 Å². The molecule has 0 saturated carbocycles. The minimum Gasteiger partial charge on any atom is -0.494 e. The average Bonchev–Trinajstić information content (AvgIpc) is 2.35. The van der Waals surface area contributed by atoms with Crippen molar-refractivity contribution < 1.29 is 9.13 Å². The molecule has 3 heteroatoms. The van der Waals surface area contributed by atoms with Gasteiger partial charge in [0.05, 0.1) is 7.11 Å². The highest BCUT2D eigenvalue weighted by Crippen LogP contribution is 2.20. The Morgan fingerprint density at radius 2 is 1.95 bits per heavy atom. The van der Waals surface area contributed by atoms with E-state index in [1.54, 1.807) is 12.1 Å². The zero-order valence-corrected chi connectivity index (χ0v) is 13.4. The number of benzene rings is 1. The molecule has 1 aromatic carbocycles. The maximum atomic E-state index is 13.6. The fraction of sp³-hybridized carbons (Fsp3) is 0.647. The summed E-state index contributed by atoms with van der Waals surface area (Å²) in [4.78, 5) is 0. The first kappa shape index (κ1) is 17.0. The quantitative estimate of drug-likeness (QED) is 0.809. The molecule has 2 nitrogen and oxygen atoms in total. The maximum absolute atomic E-state index is 13.6. The fourth-order valence-corrected chi connectivity index (χ4v) is 2.12. The molecule has 0 amide bonds. The van der Waals surface area contributed by atoms with Crippen molar-refractivity contribution in [1.82, 2.24) is 5.32 Å². The van der Waals surface area contributed by atoms with Crippen molar-refractivity contribution in [1.29, 1.82) is 0 Å². The Balaban J connectivity index is 2.34. The number of nitrogens with one attached hydrogen (secondary N) is 1. The van der Waals surface area contributed by atoms with E-state index >= 15 is 0 Å². The van der Waals surface area contributed by atoms with Gasteiger partial charge in [0.15, 0.2) is 11.6 Å². The molecule has 1 aromatic rings. The summed E-state index contributed by atoms with van der Waals surface area (Å²) in [7, 11) is 1.49. The van der Waals surface area contributed by atoms with Crippen molar-refractivity contribution in [2.24, 2.45) is 5.92 Å². The number of aryl methyl sites for hydroxylation is 1. The molecule has 0 heterocycles. The molecule has 0 aliphatic rings. The summed E-state index contributed by atoms with van der Waals surface area (Å²) in [6, 6.07) is 5.23. The van der Waals surface area contributed by atoms with E-state index in [1.165, 1.54) is 7.11 Å². The number of rotatable bonds is 7. The highest BCUT2D eigenvalue weighted by atomic mass is 19.1. The van der Waals surface area contributed by atoms with Gasteiger partial charge in [-0.1, -0.05) is 13.0 Å². The Morgan fingerprint density at radius 1 is 1.25 bits per heavy atom. The van der Waals surface area contributed by atoms with Gasteiger partial charge in [0.2, 0.25) is 0 Å². The van der Waals surface area contributed by atoms with Crippen molar-refractivity contribution >= 4 is 0 Å². The number of hydrogen-bond acceptors (Lipinski definition) is 2. The second kappa shape index (κ2) is 7.63. The van der Waals surface area contributed by atoms with E-state index < -0.39 is 0 Å². The Morgan fingerprint density at radius 3 is 2.50 bits per heavy atom. The number of methoxy groups -OCH3 is 1. The van der Waals surface area contributed by atoms with Gasteiger partial charge in [-0.3, -0.25) is 0 Å². The SMILES string of the molecule is COc1ccc(CCC(C)CCNC(C)(C)C)cc1F. The van der Waals surface area contributed by atoms with Gasteiger partial charge >= 0.3 is 0 Å². The zero-order chi connectivity index (χ0) is 15.2. The monoisotopic (exact) mass is 281 g/mol. The van der Waals surface area contributed by atoms with Gasteiger partial charge < -0.3 is 10.1 Å². The Hall–Kier alpha value is -1.09. The van der Waals surface area contributed by atoms with Crippen LogP contribution in [0.3, 0.4) is 0 Å². The van der Waals surface area contributed by atoms with Crippen LogP contribution in [0.4, 0.5) is 4.39 Å². The summed E-state index contributed by atoms with van der Waals surface area (Å²) in [6.45, 7) is 9.82. The zero-order valence-electron chi connectivity index (χ0n) is 13.4. The van der Waals surface area contributed by atoms with E-state index in [2.05, 4.69) is 33.0 Å². The Kier molecular flexibility index (Phi) is 6.47. The third-order valence-corrected chi connectivity index (χ3v) is 3.43. The minimum absolute atomic E-state index is 0.179. The van der Waals surface area contributed by atoms with E-state index in [0.29, 0.717) is 11.7 Å². The van der Waals surface area contributed by atoms with Crippen LogP contribution < -0.4 is 10.1 Å². The fourth-order valence-electron chi connectivity index (χ4n) is 2.12. The van der Waals surface area contributed by atoms with Crippen molar-refractivity contribution in [2.45, 2.75) is 52.5 Å². The maximum Gasteiger partial charge on any atom is 0.165 e. The molecule has 0 aromatic heterocycles. The van der Waals surface area contributed by atoms with Crippen molar-refractivity contribution in [2.75, 3.05) is 13.7 Å². The second-order valence-corrected chi connectivity index (χ2v) is 6.58. The molecular formula is C17H28FNO. The second-order valence-electron chi connectivity index (χ2n) is 6.58. The van der Waals surface area contributed by atoms with Gasteiger partial charge in [0.25, 0.3) is 0 Å². The summed E-state index contributed by atoms with van der Waals surface area (Å²) < 4.78 is 18.5. The lowest BCUT2D eigenvalue weighted by Crippen LogP contribution is -2.36. The first-order valence-corrected chi connectivity index (χ1v) is 7.39. The van der Waals surface area contributed by atoms with Crippen LogP contribution in [0.25, 0.3) is 0 Å². The predicted molar refractivity (Wildman–Crippen MR) is 82.8 cm³/mol. The molecule has 0 aliphatic heterocycles. The van der Waals surface area contributed by atoms with Crippen LogP contribution in [0.5, 0.6) is 5.75 Å². The largest absolute Gasteiger partial charge is 0.494 e. The molecule has 1 atom stereocenters. The van der Waals surface area contributed by atoms with Crippen LogP contribution in [0.2, 0.25) is 0 Å². The topological polar surface area (TPSA) is 21.3 Å². The van der Waals surface area contributed by atoms with E-state index in [0.717, 1.165) is 31.4 Å². The summed E-state index contributed by atoms with van der Waals surface area (Å²) in [5.41, 5.74) is 1.22. The average molecular weight is 281 g/mol. The Labute approximate surface area is 122 Å². The van der Waals surface area contributed by atoms with E-state index in [9.17, 15) is 4.39 Å². The van der Waals surface area contributed by atoms with Crippen LogP contribution in [-0.2, 0) is 6.42 Å². The van der Waals surface area contributed by atoms with Crippen LogP contribution >= 0.6 is 0 Å². The van der Waals surface area contributed by atoms with Gasteiger partial charge in [-0.2, -0.15) is 0 Å². The van der Waals surface area contributed by atoms with E-state index in [4.69, 9.17) is 4.74 Å². The van der Waals surface area contributed by atoms with Crippen molar-refractivity contribution in [3.63, 3.8) is 0 Å². The Bertz CT molecular complexity index is 412. The normalized spacial score (nSPS) is 13.3. The molecule has 0 aliphatic carbocycles. The lowest BCUT2D eigenvalue weighted by molar-refractivity contribution is 0.383. The van der Waals surface area contributed by atoms with E-state index in [1.807, 2.05) is 6.07 Å². The summed E-state index contributed by atoms with van der Waals surface area (Å²) in [6.07, 6.45) is 3.14. The molecule has 0 bridgehead atoms. The van der Waals surface area contributed by atoms with Gasteiger partial charge in [-0.25, -0.2) is 4.39 Å². The number of hydrogen-bond donors (Lipinski definition) is 1. The first-order chi connectivity index (χ1) is 9.31. The predicted octanol–water partition coefficient (Wildman–Crippen LogP) is 4.18. The molecule has 0 saturated heterocycles. The molecular weight excluding hydrogens is 253 g/mol. The molecule has 0 radical (unpaired) electrons. The van der Waals surface area contributed by atoms with Crippen molar-refractivity contribution in [3.8, 4) is 5.75 Å². The summed E-state index contributed by atoms with van der Waals surface area (Å²) in [5, 5.41) is 3.50. The third kappa shape index (κ3) is 6.38. The van der Waals surface area contributed by atoms with Gasteiger partial charge in [0.1, 0.15) is 0 Å². The van der Waals surface area contributed by atoms with Crippen LogP contribution in [0.15, 0.2) is 18.2 Å². The number of ether oxygens (including phenoxy) is 1.